The predicted octanol–water partition coefficient (Wildman–Crippen LogP) is 3.33. The number of rotatable bonds is 1. The van der Waals surface area contributed by atoms with E-state index in [4.69, 9.17) is 0 Å². The third-order valence-corrected chi connectivity index (χ3v) is 3.19. The van der Waals surface area contributed by atoms with Crippen molar-refractivity contribution < 1.29 is 0 Å². The molecule has 3 rings (SSSR count). The maximum Gasteiger partial charge on any atom is 0.149 e. The van der Waals surface area contributed by atoms with Crippen LogP contribution in [0, 0.1) is 0 Å². The van der Waals surface area contributed by atoms with Crippen LogP contribution < -0.4 is 4.48 Å². The number of nitrogens with zero attached hydrogens (tertiary/aromatic N) is 2. The van der Waals surface area contributed by atoms with Crippen LogP contribution in [0.1, 0.15) is 5.56 Å². The summed E-state index contributed by atoms with van der Waals surface area (Å²) in [6.07, 6.45) is 8.07. The quantitative estimate of drug-likeness (QED) is 0.656. The summed E-state index contributed by atoms with van der Waals surface area (Å²) in [5.41, 5.74) is 3.84. The second kappa shape index (κ2) is 3.29. The molecule has 78 valence electrons. The smallest absolute Gasteiger partial charge is 0.149 e. The summed E-state index contributed by atoms with van der Waals surface area (Å²) < 4.78 is 0.721. The van der Waals surface area contributed by atoms with Crippen molar-refractivity contribution >= 4 is 17.5 Å². The molecule has 0 aliphatic carbocycles. The zero-order chi connectivity index (χ0) is 11.0. The van der Waals surface area contributed by atoms with Gasteiger partial charge in [-0.2, -0.15) is 0 Å². The van der Waals surface area contributed by atoms with E-state index in [0.29, 0.717) is 0 Å². The first-order valence-electron chi connectivity index (χ1n) is 5.36. The van der Waals surface area contributed by atoms with Gasteiger partial charge in [0.15, 0.2) is 0 Å². The second-order valence-corrected chi connectivity index (χ2v) is 4.16. The SMILES string of the molecule is C[N+]1(c2ccncc2)C=Cc2ccccc21. The lowest BCUT2D eigenvalue weighted by Crippen LogP contribution is -2.30. The molecule has 1 atom stereocenters. The number of aromatic nitrogens is 1. The molecule has 0 fully saturated rings. The predicted molar refractivity (Wildman–Crippen MR) is 67.1 cm³/mol. The van der Waals surface area contributed by atoms with Crippen LogP contribution in [0.25, 0.3) is 6.08 Å². The van der Waals surface area contributed by atoms with Crippen molar-refractivity contribution in [3.05, 3.63) is 60.6 Å². The number of fused-ring (bicyclic) bond motifs is 1. The average molecular weight is 209 g/mol. The Morgan fingerprint density at radius 3 is 2.56 bits per heavy atom. The highest BCUT2D eigenvalue weighted by Crippen LogP contribution is 2.40. The van der Waals surface area contributed by atoms with E-state index in [1.807, 2.05) is 12.4 Å². The van der Waals surface area contributed by atoms with Crippen LogP contribution in [0.5, 0.6) is 0 Å². The van der Waals surface area contributed by atoms with E-state index >= 15 is 0 Å². The lowest BCUT2D eigenvalue weighted by molar-refractivity contribution is 0.624. The molecule has 0 spiro atoms. The minimum atomic E-state index is 0.721. The summed E-state index contributed by atoms with van der Waals surface area (Å²) in [5, 5.41) is 0. The third kappa shape index (κ3) is 1.20. The van der Waals surface area contributed by atoms with Gasteiger partial charge in [-0.1, -0.05) is 12.1 Å². The molecule has 1 unspecified atom stereocenters. The molecule has 2 aromatic rings. The number of hydrogen-bond acceptors (Lipinski definition) is 1. The highest BCUT2D eigenvalue weighted by Gasteiger charge is 2.31. The Bertz CT molecular complexity index is 546. The molecule has 1 aliphatic heterocycles. The van der Waals surface area contributed by atoms with E-state index in [0.717, 1.165) is 4.48 Å². The van der Waals surface area contributed by atoms with Crippen molar-refractivity contribution in [2.75, 3.05) is 7.05 Å². The van der Waals surface area contributed by atoms with Gasteiger partial charge in [0, 0.05) is 42.2 Å². The van der Waals surface area contributed by atoms with Crippen LogP contribution in [0.3, 0.4) is 0 Å². The van der Waals surface area contributed by atoms with E-state index in [1.54, 1.807) is 0 Å². The van der Waals surface area contributed by atoms with Crippen LogP contribution in [-0.2, 0) is 0 Å². The van der Waals surface area contributed by atoms with Crippen molar-refractivity contribution in [1.29, 1.82) is 0 Å². The number of pyridine rings is 1. The van der Waals surface area contributed by atoms with Gasteiger partial charge in [-0.05, 0) is 6.07 Å². The molecule has 1 aromatic carbocycles. The van der Waals surface area contributed by atoms with E-state index in [1.165, 1.54) is 16.9 Å². The topological polar surface area (TPSA) is 12.9 Å². The molecule has 0 saturated heterocycles. The van der Waals surface area contributed by atoms with Gasteiger partial charge >= 0.3 is 0 Å². The van der Waals surface area contributed by atoms with Crippen molar-refractivity contribution in [2.45, 2.75) is 0 Å². The fourth-order valence-corrected chi connectivity index (χ4v) is 2.24. The van der Waals surface area contributed by atoms with E-state index in [-0.39, 0.29) is 0 Å². The number of hydrogen-bond donors (Lipinski definition) is 0. The van der Waals surface area contributed by atoms with Crippen molar-refractivity contribution in [3.63, 3.8) is 0 Å². The first-order valence-corrected chi connectivity index (χ1v) is 5.36. The second-order valence-electron chi connectivity index (χ2n) is 4.16. The summed E-state index contributed by atoms with van der Waals surface area (Å²) in [7, 11) is 2.19. The fourth-order valence-electron chi connectivity index (χ4n) is 2.24. The van der Waals surface area contributed by atoms with Crippen LogP contribution in [-0.4, -0.2) is 12.0 Å². The van der Waals surface area contributed by atoms with Gasteiger partial charge in [-0.25, -0.2) is 4.48 Å². The van der Waals surface area contributed by atoms with Crippen molar-refractivity contribution in [2.24, 2.45) is 0 Å². The molecule has 0 bridgehead atoms. The minimum absolute atomic E-state index is 0.721. The van der Waals surface area contributed by atoms with E-state index in [9.17, 15) is 0 Å². The fraction of sp³-hybridized carbons (Fsp3) is 0.0714. The van der Waals surface area contributed by atoms with E-state index < -0.39 is 0 Å². The number of para-hydroxylation sites is 1. The Balaban J connectivity index is 2.19. The average Bonchev–Trinajstić information content (AvgIpc) is 2.71. The molecule has 2 heteroatoms. The Morgan fingerprint density at radius 2 is 1.75 bits per heavy atom. The first-order chi connectivity index (χ1) is 7.81. The highest BCUT2D eigenvalue weighted by molar-refractivity contribution is 5.78. The Hall–Kier alpha value is -1.93. The molecule has 0 N–H and O–H groups in total. The summed E-state index contributed by atoms with van der Waals surface area (Å²) in [5.74, 6) is 0. The molecule has 0 radical (unpaired) electrons. The first kappa shape index (κ1) is 9.31. The van der Waals surface area contributed by atoms with Gasteiger partial charge < -0.3 is 0 Å². The van der Waals surface area contributed by atoms with Gasteiger partial charge in [0.2, 0.25) is 0 Å². The highest BCUT2D eigenvalue weighted by atomic mass is 15.3. The molecule has 1 aliphatic rings. The van der Waals surface area contributed by atoms with Crippen molar-refractivity contribution in [3.8, 4) is 0 Å². The summed E-state index contributed by atoms with van der Waals surface area (Å²) in [6.45, 7) is 0. The molecule has 0 saturated carbocycles. The molecule has 2 heterocycles. The lowest BCUT2D eigenvalue weighted by Gasteiger charge is -2.26. The molecular weight excluding hydrogens is 196 g/mol. The normalized spacial score (nSPS) is 22.1. The molecule has 2 nitrogen and oxygen atoms in total. The molecule has 1 aromatic heterocycles. The van der Waals surface area contributed by atoms with Gasteiger partial charge in [0.1, 0.15) is 17.6 Å². The number of quaternary nitrogens is 1. The largest absolute Gasteiger partial charge is 0.264 e. The van der Waals surface area contributed by atoms with Crippen LogP contribution in [0.2, 0.25) is 0 Å². The Labute approximate surface area is 95.1 Å². The van der Waals surface area contributed by atoms with Gasteiger partial charge in [0.25, 0.3) is 0 Å². The molecular formula is C14H13N2+. The zero-order valence-electron chi connectivity index (χ0n) is 9.17. The molecule has 0 amide bonds. The van der Waals surface area contributed by atoms with Crippen LogP contribution in [0.4, 0.5) is 11.4 Å². The zero-order valence-corrected chi connectivity index (χ0v) is 9.17. The van der Waals surface area contributed by atoms with Crippen LogP contribution in [0.15, 0.2) is 55.0 Å². The summed E-state index contributed by atoms with van der Waals surface area (Å²) >= 11 is 0. The third-order valence-electron chi connectivity index (χ3n) is 3.19. The maximum atomic E-state index is 4.07. The molecule has 16 heavy (non-hydrogen) atoms. The summed E-state index contributed by atoms with van der Waals surface area (Å²) in [6, 6.07) is 12.6. The van der Waals surface area contributed by atoms with Gasteiger partial charge in [-0.3, -0.25) is 4.98 Å². The monoisotopic (exact) mass is 209 g/mol. The Kier molecular flexibility index (Phi) is 1.91. The minimum Gasteiger partial charge on any atom is -0.264 e. The van der Waals surface area contributed by atoms with E-state index in [2.05, 4.69) is 60.7 Å². The Morgan fingerprint density at radius 1 is 1.00 bits per heavy atom. The maximum absolute atomic E-state index is 4.07. The number of benzene rings is 1. The van der Waals surface area contributed by atoms with Crippen molar-refractivity contribution in [1.82, 2.24) is 9.47 Å². The van der Waals surface area contributed by atoms with Gasteiger partial charge in [-0.15, -0.1) is 0 Å². The lowest BCUT2D eigenvalue weighted by atomic mass is 10.2. The van der Waals surface area contributed by atoms with Crippen LogP contribution >= 0.6 is 0 Å². The standard InChI is InChI=1S/C14H13N2/c1-16(13-6-9-15-10-7-13)11-8-12-4-2-3-5-14(12)16/h2-11H,1H3/q+1. The van der Waals surface area contributed by atoms with Gasteiger partial charge in [0.05, 0.1) is 7.05 Å². The summed E-state index contributed by atoms with van der Waals surface area (Å²) in [4.78, 5) is 4.07.